The molecular weight excluding hydrogens is 330 g/mol. The first-order chi connectivity index (χ1) is 12.3. The predicted octanol–water partition coefficient (Wildman–Crippen LogP) is 6.10. The highest BCUT2D eigenvalue weighted by Crippen LogP contribution is 2.22. The van der Waals surface area contributed by atoms with Gasteiger partial charge >= 0.3 is 0 Å². The highest BCUT2D eigenvalue weighted by Gasteiger charge is 2.05. The smallest absolute Gasteiger partial charge is 0.197 e. The van der Waals surface area contributed by atoms with Crippen LogP contribution in [0.15, 0.2) is 36.5 Å². The molecule has 0 aliphatic carbocycles. The Morgan fingerprint density at radius 3 is 2.48 bits per heavy atom. The van der Waals surface area contributed by atoms with Crippen molar-refractivity contribution in [1.29, 1.82) is 0 Å². The molecule has 0 bridgehead atoms. The zero-order chi connectivity index (χ0) is 17.7. The molecule has 0 fully saturated rings. The van der Waals surface area contributed by atoms with E-state index >= 15 is 0 Å². The first-order valence-electron chi connectivity index (χ1n) is 9.43. The number of unbranched alkanes of at least 4 members (excludes halogenated alkanes) is 7. The number of nitrogens with zero attached hydrogens (tertiary/aromatic N) is 1. The molecule has 1 aromatic heterocycles. The largest absolute Gasteiger partial charge is 0.484 e. The molecule has 3 nitrogen and oxygen atoms in total. The molecule has 1 aromatic carbocycles. The second kappa shape index (κ2) is 11.8. The molecule has 25 heavy (non-hydrogen) atoms. The third kappa shape index (κ3) is 7.39. The Labute approximate surface area is 156 Å². The molecule has 0 saturated carbocycles. The summed E-state index contributed by atoms with van der Waals surface area (Å²) in [5, 5.41) is 1.57. The van der Waals surface area contributed by atoms with Crippen molar-refractivity contribution in [2.75, 3.05) is 13.2 Å². The summed E-state index contributed by atoms with van der Waals surface area (Å²) >= 11 is 5.26. The van der Waals surface area contributed by atoms with E-state index in [1.54, 1.807) is 6.20 Å². The molecular formula is C21H29NO2S. The Hall–Kier alpha value is -1.68. The number of hydrogen-bond acceptors (Lipinski definition) is 4. The lowest BCUT2D eigenvalue weighted by Crippen LogP contribution is -2.13. The lowest BCUT2D eigenvalue weighted by Gasteiger charge is -2.10. The van der Waals surface area contributed by atoms with Crippen molar-refractivity contribution in [3.63, 3.8) is 0 Å². The van der Waals surface area contributed by atoms with Crippen molar-refractivity contribution in [1.82, 2.24) is 4.98 Å². The second-order valence-electron chi connectivity index (χ2n) is 6.32. The van der Waals surface area contributed by atoms with Crippen LogP contribution in [-0.4, -0.2) is 23.2 Å². The van der Waals surface area contributed by atoms with Crippen molar-refractivity contribution in [3.8, 4) is 5.75 Å². The number of fused-ring (bicyclic) bond motifs is 1. The van der Waals surface area contributed by atoms with Crippen LogP contribution in [0.1, 0.15) is 58.3 Å². The molecule has 2 aromatic rings. The van der Waals surface area contributed by atoms with E-state index in [1.165, 1.54) is 44.9 Å². The molecule has 0 radical (unpaired) electrons. The minimum atomic E-state index is 0.294. The normalized spacial score (nSPS) is 10.8. The molecule has 4 heteroatoms. The van der Waals surface area contributed by atoms with Gasteiger partial charge in [0.15, 0.2) is 11.7 Å². The van der Waals surface area contributed by atoms with E-state index < -0.39 is 0 Å². The fourth-order valence-corrected chi connectivity index (χ4v) is 2.94. The van der Waals surface area contributed by atoms with Crippen LogP contribution in [0.5, 0.6) is 5.75 Å². The van der Waals surface area contributed by atoms with Crippen LogP contribution in [0.25, 0.3) is 10.9 Å². The quantitative estimate of drug-likeness (QED) is 0.338. The predicted molar refractivity (Wildman–Crippen MR) is 108 cm³/mol. The Balaban J connectivity index is 1.58. The summed E-state index contributed by atoms with van der Waals surface area (Å²) < 4.78 is 11.4. The van der Waals surface area contributed by atoms with Gasteiger partial charge in [-0.15, -0.1) is 0 Å². The van der Waals surface area contributed by atoms with E-state index in [-0.39, 0.29) is 0 Å². The number of benzene rings is 1. The van der Waals surface area contributed by atoms with Gasteiger partial charge in [0.25, 0.3) is 0 Å². The summed E-state index contributed by atoms with van der Waals surface area (Å²) in [5.74, 6) is 0.746. The maximum atomic E-state index is 5.79. The Morgan fingerprint density at radius 2 is 1.68 bits per heavy atom. The second-order valence-corrected chi connectivity index (χ2v) is 6.77. The summed E-state index contributed by atoms with van der Waals surface area (Å²) in [6, 6.07) is 9.84. The Bertz CT molecular complexity index is 639. The van der Waals surface area contributed by atoms with E-state index in [2.05, 4.69) is 11.9 Å². The first-order valence-corrected chi connectivity index (χ1v) is 9.84. The summed E-state index contributed by atoms with van der Waals surface area (Å²) in [6.07, 6.45) is 12.1. The summed E-state index contributed by atoms with van der Waals surface area (Å²) in [6.45, 7) is 3.23. The van der Waals surface area contributed by atoms with Gasteiger partial charge in [0, 0.05) is 11.6 Å². The maximum Gasteiger partial charge on any atom is 0.197 e. The molecule has 2 rings (SSSR count). The molecule has 0 aliphatic heterocycles. The topological polar surface area (TPSA) is 31.4 Å². The molecule has 0 unspecified atom stereocenters. The van der Waals surface area contributed by atoms with Gasteiger partial charge < -0.3 is 9.47 Å². The van der Waals surface area contributed by atoms with Gasteiger partial charge in [-0.25, -0.2) is 0 Å². The zero-order valence-electron chi connectivity index (χ0n) is 15.2. The molecule has 136 valence electrons. The third-order valence-electron chi connectivity index (χ3n) is 4.20. The highest BCUT2D eigenvalue weighted by atomic mass is 32.1. The summed E-state index contributed by atoms with van der Waals surface area (Å²) in [5.41, 5.74) is 0.857. The van der Waals surface area contributed by atoms with E-state index in [0.717, 1.165) is 23.1 Å². The van der Waals surface area contributed by atoms with Crippen LogP contribution >= 0.6 is 12.2 Å². The lowest BCUT2D eigenvalue weighted by atomic mass is 10.1. The first kappa shape index (κ1) is 19.6. The standard InChI is InChI=1S/C21H29NO2S/c1-2-3-4-5-6-7-8-9-16-23-20(25)17-24-19-14-10-12-18-13-11-15-22-21(18)19/h10-15H,2-9,16-17H2,1H3. The number of thiocarbonyl (C=S) groups is 1. The molecule has 0 saturated heterocycles. The average molecular weight is 360 g/mol. The Kier molecular flexibility index (Phi) is 9.27. The summed E-state index contributed by atoms with van der Waals surface area (Å²) in [7, 11) is 0. The highest BCUT2D eigenvalue weighted by molar-refractivity contribution is 7.80. The number of rotatable bonds is 12. The average Bonchev–Trinajstić information content (AvgIpc) is 2.65. The van der Waals surface area contributed by atoms with Gasteiger partial charge in [-0.05, 0) is 30.8 Å². The molecule has 0 aliphatic rings. The summed E-state index contributed by atoms with van der Waals surface area (Å²) in [4.78, 5) is 4.37. The van der Waals surface area contributed by atoms with Crippen molar-refractivity contribution < 1.29 is 9.47 Å². The van der Waals surface area contributed by atoms with Gasteiger partial charge in [-0.1, -0.05) is 70.1 Å². The van der Waals surface area contributed by atoms with Gasteiger partial charge in [0.2, 0.25) is 0 Å². The number of aromatic nitrogens is 1. The molecule has 0 atom stereocenters. The monoisotopic (exact) mass is 359 g/mol. The van der Waals surface area contributed by atoms with Crippen LogP contribution in [0.4, 0.5) is 0 Å². The molecule has 0 amide bonds. The fourth-order valence-electron chi connectivity index (χ4n) is 2.79. The molecule has 0 spiro atoms. The number of ether oxygens (including phenoxy) is 2. The van der Waals surface area contributed by atoms with E-state index in [4.69, 9.17) is 21.7 Å². The van der Waals surface area contributed by atoms with Crippen molar-refractivity contribution in [3.05, 3.63) is 36.5 Å². The SMILES string of the molecule is CCCCCCCCCCOC(=S)COc1cccc2cccnc12. The van der Waals surface area contributed by atoms with Crippen molar-refractivity contribution in [2.45, 2.75) is 58.3 Å². The van der Waals surface area contributed by atoms with Crippen molar-refractivity contribution in [2.24, 2.45) is 0 Å². The van der Waals surface area contributed by atoms with Gasteiger partial charge in [0.05, 0.1) is 6.61 Å². The third-order valence-corrected chi connectivity index (χ3v) is 4.44. The van der Waals surface area contributed by atoms with Crippen molar-refractivity contribution >= 4 is 28.2 Å². The zero-order valence-corrected chi connectivity index (χ0v) is 16.0. The minimum Gasteiger partial charge on any atom is -0.484 e. The van der Waals surface area contributed by atoms with Crippen LogP contribution in [-0.2, 0) is 4.74 Å². The molecule has 1 heterocycles. The van der Waals surface area contributed by atoms with Gasteiger partial charge in [-0.2, -0.15) is 0 Å². The van der Waals surface area contributed by atoms with E-state index in [1.807, 2.05) is 30.3 Å². The lowest BCUT2D eigenvalue weighted by molar-refractivity contribution is 0.264. The minimum absolute atomic E-state index is 0.294. The van der Waals surface area contributed by atoms with Gasteiger partial charge in [0.1, 0.15) is 11.3 Å². The number of hydrogen-bond donors (Lipinski definition) is 0. The molecule has 0 N–H and O–H groups in total. The van der Waals surface area contributed by atoms with Crippen LogP contribution in [0, 0.1) is 0 Å². The van der Waals surface area contributed by atoms with E-state index in [0.29, 0.717) is 18.3 Å². The number of para-hydroxylation sites is 1. The number of pyridine rings is 1. The van der Waals surface area contributed by atoms with Crippen LogP contribution in [0.2, 0.25) is 0 Å². The Morgan fingerprint density at radius 1 is 0.960 bits per heavy atom. The fraction of sp³-hybridized carbons (Fsp3) is 0.524. The van der Waals surface area contributed by atoms with Crippen LogP contribution in [0.3, 0.4) is 0 Å². The van der Waals surface area contributed by atoms with Gasteiger partial charge in [-0.3, -0.25) is 4.98 Å². The van der Waals surface area contributed by atoms with Crippen LogP contribution < -0.4 is 4.74 Å². The van der Waals surface area contributed by atoms with E-state index in [9.17, 15) is 0 Å². The maximum absolute atomic E-state index is 5.79.